The van der Waals surface area contributed by atoms with Crippen LogP contribution in [-0.4, -0.2) is 14.2 Å². The zero-order valence-corrected chi connectivity index (χ0v) is 27.1. The molecule has 0 fully saturated rings. The second-order valence-corrected chi connectivity index (χ2v) is 13.4. The number of ether oxygens (including phenoxy) is 1. The van der Waals surface area contributed by atoms with Gasteiger partial charge in [-0.25, -0.2) is 0 Å². The van der Waals surface area contributed by atoms with E-state index in [9.17, 15) is 0 Å². The summed E-state index contributed by atoms with van der Waals surface area (Å²) in [5.41, 5.74) is 14.8. The molecule has 228 valence electrons. The van der Waals surface area contributed by atoms with Gasteiger partial charge in [-0.2, -0.15) is 9.13 Å². The number of aromatic nitrogens is 5. The molecule has 4 aromatic heterocycles. The number of nitrogens with zero attached hydrogens (tertiary/aromatic N) is 5. The van der Waals surface area contributed by atoms with E-state index in [1.165, 1.54) is 66.6 Å². The lowest BCUT2D eigenvalue weighted by Crippen LogP contribution is -2.77. The SMILES string of the molecule is Cc1cc(-c2ccccn2)cc(C)c1-c1c(C)n2[n+](c1C)C13c4c(cccc4-2)Oc2ccc4c5ccccc5n(c4c21)-c1cccc[n+]13. The van der Waals surface area contributed by atoms with Gasteiger partial charge in [0.15, 0.2) is 11.1 Å². The van der Waals surface area contributed by atoms with E-state index in [0.29, 0.717) is 0 Å². The van der Waals surface area contributed by atoms with Crippen molar-refractivity contribution in [1.82, 2.24) is 14.2 Å². The number of fused-ring (bicyclic) bond motifs is 7. The van der Waals surface area contributed by atoms with Gasteiger partial charge in [0.05, 0.1) is 23.1 Å². The summed E-state index contributed by atoms with van der Waals surface area (Å²) >= 11 is 0. The van der Waals surface area contributed by atoms with Crippen molar-refractivity contribution in [2.75, 3.05) is 0 Å². The molecule has 48 heavy (non-hydrogen) atoms. The van der Waals surface area contributed by atoms with Gasteiger partial charge in [-0.3, -0.25) is 4.98 Å². The van der Waals surface area contributed by atoms with E-state index in [4.69, 9.17) is 4.74 Å². The maximum Gasteiger partial charge on any atom is 0.397 e. The van der Waals surface area contributed by atoms with Crippen LogP contribution < -0.4 is 14.0 Å². The molecule has 0 saturated carbocycles. The number of para-hydroxylation sites is 1. The molecule has 1 spiro atoms. The molecule has 0 amide bonds. The van der Waals surface area contributed by atoms with E-state index >= 15 is 0 Å². The first-order valence-corrected chi connectivity index (χ1v) is 16.6. The van der Waals surface area contributed by atoms with Crippen molar-refractivity contribution in [3.05, 3.63) is 149 Å². The highest BCUT2D eigenvalue weighted by atomic mass is 16.5. The molecule has 0 N–H and O–H groups in total. The van der Waals surface area contributed by atoms with Gasteiger partial charge in [0.1, 0.15) is 28.3 Å². The Balaban J connectivity index is 1.30. The molecule has 1 atom stereocenters. The molecule has 4 aromatic carbocycles. The van der Waals surface area contributed by atoms with E-state index in [1.807, 2.05) is 12.3 Å². The van der Waals surface area contributed by atoms with E-state index < -0.39 is 5.66 Å². The number of hydrogen-bond donors (Lipinski definition) is 0. The third kappa shape index (κ3) is 2.81. The third-order valence-corrected chi connectivity index (χ3v) is 11.0. The third-order valence-electron chi connectivity index (χ3n) is 11.0. The van der Waals surface area contributed by atoms with Crippen molar-refractivity contribution in [3.63, 3.8) is 0 Å². The summed E-state index contributed by atoms with van der Waals surface area (Å²) in [7, 11) is 0. The summed E-state index contributed by atoms with van der Waals surface area (Å²) in [6.07, 6.45) is 4.12. The Morgan fingerprint density at radius 2 is 1.50 bits per heavy atom. The normalized spacial score (nSPS) is 16.2. The van der Waals surface area contributed by atoms with Crippen LogP contribution in [0, 0.1) is 27.7 Å². The fraction of sp³-hybridized carbons (Fsp3) is 0.119. The summed E-state index contributed by atoms with van der Waals surface area (Å²) in [4.78, 5) is 4.65. The van der Waals surface area contributed by atoms with Crippen molar-refractivity contribution in [2.45, 2.75) is 33.4 Å². The fourth-order valence-corrected chi connectivity index (χ4v) is 9.37. The van der Waals surface area contributed by atoms with Crippen LogP contribution in [0.4, 0.5) is 0 Å². The average Bonchev–Trinajstić information content (AvgIpc) is 3.71. The lowest BCUT2D eigenvalue weighted by Gasteiger charge is -2.33. The first-order valence-electron chi connectivity index (χ1n) is 16.6. The average molecular weight is 622 g/mol. The van der Waals surface area contributed by atoms with Crippen LogP contribution in [-0.2, 0) is 5.66 Å². The number of benzene rings is 4. The molecular formula is C42H31N5O+2. The minimum Gasteiger partial charge on any atom is -0.456 e. The Bertz CT molecular complexity index is 2730. The Kier molecular flexibility index (Phi) is 4.71. The monoisotopic (exact) mass is 621 g/mol. The maximum atomic E-state index is 6.87. The lowest BCUT2D eigenvalue weighted by atomic mass is 9.83. The molecule has 0 saturated heterocycles. The summed E-state index contributed by atoms with van der Waals surface area (Å²) in [5.74, 6) is 2.92. The molecule has 11 rings (SSSR count). The first-order chi connectivity index (χ1) is 23.5. The molecule has 8 aromatic rings. The minimum absolute atomic E-state index is 0.706. The van der Waals surface area contributed by atoms with Gasteiger partial charge in [-0.1, -0.05) is 35.0 Å². The van der Waals surface area contributed by atoms with Crippen LogP contribution in [0.2, 0.25) is 0 Å². The smallest absolute Gasteiger partial charge is 0.397 e. The Hall–Kier alpha value is -6.01. The van der Waals surface area contributed by atoms with Gasteiger partial charge in [-0.15, -0.1) is 4.68 Å². The molecule has 7 heterocycles. The van der Waals surface area contributed by atoms with Crippen LogP contribution in [0.3, 0.4) is 0 Å². The van der Waals surface area contributed by atoms with Gasteiger partial charge >= 0.3 is 5.66 Å². The van der Waals surface area contributed by atoms with Crippen LogP contribution in [0.15, 0.2) is 116 Å². The quantitative estimate of drug-likeness (QED) is 0.183. The number of hydrogen-bond acceptors (Lipinski definition) is 2. The molecule has 0 radical (unpaired) electrons. The van der Waals surface area contributed by atoms with Gasteiger partial charge < -0.3 is 4.74 Å². The molecule has 0 aliphatic carbocycles. The van der Waals surface area contributed by atoms with E-state index in [-0.39, 0.29) is 0 Å². The molecular weight excluding hydrogens is 590 g/mol. The molecule has 3 aliphatic rings. The predicted molar refractivity (Wildman–Crippen MR) is 186 cm³/mol. The van der Waals surface area contributed by atoms with Crippen LogP contribution >= 0.6 is 0 Å². The first kappa shape index (κ1) is 26.1. The van der Waals surface area contributed by atoms with Crippen LogP contribution in [0.25, 0.3) is 55.7 Å². The van der Waals surface area contributed by atoms with Crippen molar-refractivity contribution in [1.29, 1.82) is 0 Å². The highest BCUT2D eigenvalue weighted by molar-refractivity contribution is 6.11. The summed E-state index contributed by atoms with van der Waals surface area (Å²) in [5, 5.41) is 2.48. The van der Waals surface area contributed by atoms with E-state index in [2.05, 4.69) is 154 Å². The summed E-state index contributed by atoms with van der Waals surface area (Å²) < 4.78 is 16.8. The van der Waals surface area contributed by atoms with Crippen molar-refractivity contribution < 1.29 is 14.0 Å². The van der Waals surface area contributed by atoms with Gasteiger partial charge in [-0.05, 0) is 104 Å². The standard InChI is InChI=1S/C42H31N5O/c1-24-22-28(31-13-7-9-20-43-31)23-25(2)37(24)38-26(3)46-33-15-11-16-34-39(33)42(47(46)27(38)4)40-35(48-34)19-18-30-29-12-5-6-14-32(29)45(41(30)40)36-17-8-10-21-44(36)42/h5-23H,1-4H3/q+2. The number of pyridine rings is 2. The van der Waals surface area contributed by atoms with Crippen LogP contribution in [0.5, 0.6) is 11.5 Å². The second-order valence-electron chi connectivity index (χ2n) is 13.4. The van der Waals surface area contributed by atoms with E-state index in [1.54, 1.807) is 0 Å². The topological polar surface area (TPSA) is 39.7 Å². The van der Waals surface area contributed by atoms with Gasteiger partial charge in [0, 0.05) is 35.5 Å². The lowest BCUT2D eigenvalue weighted by molar-refractivity contribution is -0.995. The fourth-order valence-electron chi connectivity index (χ4n) is 9.37. The molecule has 0 bridgehead atoms. The highest BCUT2D eigenvalue weighted by Gasteiger charge is 2.70. The van der Waals surface area contributed by atoms with Gasteiger partial charge in [0.25, 0.3) is 5.82 Å². The molecule has 3 aliphatic heterocycles. The molecule has 6 nitrogen and oxygen atoms in total. The minimum atomic E-state index is -0.706. The summed E-state index contributed by atoms with van der Waals surface area (Å²) in [6, 6.07) is 36.9. The zero-order chi connectivity index (χ0) is 32.1. The second kappa shape index (κ2) is 8.66. The van der Waals surface area contributed by atoms with Crippen molar-refractivity contribution in [2.24, 2.45) is 0 Å². The highest BCUT2D eigenvalue weighted by Crippen LogP contribution is 2.56. The summed E-state index contributed by atoms with van der Waals surface area (Å²) in [6.45, 7) is 9.05. The zero-order valence-electron chi connectivity index (χ0n) is 27.1. The largest absolute Gasteiger partial charge is 0.456 e. The van der Waals surface area contributed by atoms with Crippen LogP contribution in [0.1, 0.15) is 33.6 Å². The van der Waals surface area contributed by atoms with Crippen molar-refractivity contribution in [3.8, 4) is 45.4 Å². The Morgan fingerprint density at radius 1 is 0.708 bits per heavy atom. The predicted octanol–water partition coefficient (Wildman–Crippen LogP) is 8.14. The molecule has 1 unspecified atom stereocenters. The number of rotatable bonds is 2. The van der Waals surface area contributed by atoms with E-state index in [0.717, 1.165) is 34.3 Å². The van der Waals surface area contributed by atoms with Crippen molar-refractivity contribution >= 4 is 21.8 Å². The number of aryl methyl sites for hydroxylation is 2. The maximum absolute atomic E-state index is 6.87. The van der Waals surface area contributed by atoms with Gasteiger partial charge in [0.2, 0.25) is 5.69 Å². The molecule has 6 heteroatoms. The Morgan fingerprint density at radius 3 is 2.33 bits per heavy atom. The Labute approximate surface area is 277 Å².